The van der Waals surface area contributed by atoms with Crippen molar-refractivity contribution in [2.75, 3.05) is 5.32 Å². The maximum absolute atomic E-state index is 13.0. The van der Waals surface area contributed by atoms with Crippen molar-refractivity contribution in [1.82, 2.24) is 19.9 Å². The maximum Gasteiger partial charge on any atom is 0.230 e. The lowest BCUT2D eigenvalue weighted by atomic mass is 10.1. The van der Waals surface area contributed by atoms with Gasteiger partial charge in [-0.15, -0.1) is 11.3 Å². The molecule has 0 atom stereocenters. The molecule has 5 aromatic rings. The molecule has 37 heavy (non-hydrogen) atoms. The predicted octanol–water partition coefficient (Wildman–Crippen LogP) is 6.34. The van der Waals surface area contributed by atoms with Crippen LogP contribution in [0.2, 0.25) is 5.02 Å². The molecule has 0 aliphatic rings. The first-order valence-corrected chi connectivity index (χ1v) is 12.6. The quantitative estimate of drug-likeness (QED) is 0.240. The molecule has 0 unspecified atom stereocenters. The summed E-state index contributed by atoms with van der Waals surface area (Å²) in [6.45, 7) is 0. The summed E-state index contributed by atoms with van der Waals surface area (Å²) in [5.41, 5.74) is 2.06. The van der Waals surface area contributed by atoms with Crippen LogP contribution in [0.1, 0.15) is 5.56 Å². The molecule has 3 heterocycles. The van der Waals surface area contributed by atoms with Gasteiger partial charge >= 0.3 is 0 Å². The number of carbonyl (C=O) groups is 1. The average Bonchev–Trinajstić information content (AvgIpc) is 3.48. The number of thiophene rings is 1. The van der Waals surface area contributed by atoms with E-state index in [1.807, 2.05) is 23.9 Å². The molecule has 0 bridgehead atoms. The number of pyridine rings is 1. The Morgan fingerprint density at radius 1 is 1.11 bits per heavy atom. The number of anilines is 1. The fourth-order valence-electron chi connectivity index (χ4n) is 3.61. The summed E-state index contributed by atoms with van der Waals surface area (Å²) in [6, 6.07) is 14.6. The number of fused-ring (bicyclic) bond motifs is 1. The van der Waals surface area contributed by atoms with E-state index in [4.69, 9.17) is 28.6 Å². The number of aromatic nitrogens is 3. The lowest BCUT2D eigenvalue weighted by Crippen LogP contribution is -2.35. The zero-order chi connectivity index (χ0) is 25.9. The number of hydrogen-bond acceptors (Lipinski definition) is 6. The van der Waals surface area contributed by atoms with Crippen LogP contribution in [0, 0.1) is 5.82 Å². The Balaban J connectivity index is 1.26. The molecule has 3 aromatic heterocycles. The monoisotopic (exact) mass is 551 g/mol. The fourth-order valence-corrected chi connectivity index (χ4v) is 5.16. The average molecular weight is 552 g/mol. The first kappa shape index (κ1) is 24.8. The number of hydrogen-bond donors (Lipinski definition) is 2. The number of nitrogens with zero attached hydrogens (tertiary/aromatic N) is 3. The molecule has 11 heteroatoms. The molecular weight excluding hydrogens is 533 g/mol. The van der Waals surface area contributed by atoms with E-state index < -0.39 is 0 Å². The van der Waals surface area contributed by atoms with E-state index in [2.05, 4.69) is 20.6 Å². The smallest absolute Gasteiger partial charge is 0.230 e. The summed E-state index contributed by atoms with van der Waals surface area (Å²) in [7, 11) is 1.94. The Morgan fingerprint density at radius 2 is 1.92 bits per heavy atom. The van der Waals surface area contributed by atoms with E-state index in [0.29, 0.717) is 27.8 Å². The van der Waals surface area contributed by atoms with E-state index in [9.17, 15) is 9.18 Å². The van der Waals surface area contributed by atoms with Crippen LogP contribution in [0.3, 0.4) is 0 Å². The van der Waals surface area contributed by atoms with Crippen LogP contribution in [0.25, 0.3) is 20.9 Å². The van der Waals surface area contributed by atoms with Gasteiger partial charge < -0.3 is 19.9 Å². The molecule has 0 saturated carbocycles. The third kappa shape index (κ3) is 5.77. The molecule has 0 radical (unpaired) electrons. The van der Waals surface area contributed by atoms with Crippen molar-refractivity contribution >= 4 is 62.1 Å². The normalized spacial score (nSPS) is 10.9. The number of benzene rings is 2. The number of carbonyl (C=O) groups excluding carboxylic acids is 1. The number of halogens is 2. The number of ether oxygens (including phenoxy) is 1. The van der Waals surface area contributed by atoms with Crippen LogP contribution >= 0.6 is 35.2 Å². The van der Waals surface area contributed by atoms with Gasteiger partial charge in [0.2, 0.25) is 5.91 Å². The summed E-state index contributed by atoms with van der Waals surface area (Å²) >= 11 is 13.3. The zero-order valence-electron chi connectivity index (χ0n) is 19.4. The minimum absolute atomic E-state index is 0.0701. The van der Waals surface area contributed by atoms with Gasteiger partial charge in [0.25, 0.3) is 0 Å². The minimum Gasteiger partial charge on any atom is -0.454 e. The second kappa shape index (κ2) is 10.6. The molecular formula is C26H19ClFN5O2S2. The SMILES string of the molecule is Cn1ccnc1-c1cc2nccc(Oc3ccc(NC(=S)NC(=O)Cc4ccc(F)cc4)cc3Cl)c2s1. The van der Waals surface area contributed by atoms with Gasteiger partial charge in [-0.2, -0.15) is 0 Å². The highest BCUT2D eigenvalue weighted by Crippen LogP contribution is 2.40. The van der Waals surface area contributed by atoms with Crippen LogP contribution in [0.15, 0.2) is 73.2 Å². The van der Waals surface area contributed by atoms with Crippen LogP contribution in [-0.2, 0) is 18.3 Å². The van der Waals surface area contributed by atoms with Crippen molar-refractivity contribution in [1.29, 1.82) is 0 Å². The first-order chi connectivity index (χ1) is 17.9. The summed E-state index contributed by atoms with van der Waals surface area (Å²) in [6.07, 6.45) is 5.40. The van der Waals surface area contributed by atoms with Gasteiger partial charge in [-0.05, 0) is 54.2 Å². The maximum atomic E-state index is 13.0. The van der Waals surface area contributed by atoms with Crippen LogP contribution in [0.4, 0.5) is 10.1 Å². The first-order valence-electron chi connectivity index (χ1n) is 11.0. The van der Waals surface area contributed by atoms with Crippen LogP contribution in [-0.4, -0.2) is 25.6 Å². The third-order valence-corrected chi connectivity index (χ3v) is 6.99. The van der Waals surface area contributed by atoms with Gasteiger partial charge in [0.15, 0.2) is 5.11 Å². The molecule has 2 aromatic carbocycles. The van der Waals surface area contributed by atoms with E-state index in [1.165, 1.54) is 23.5 Å². The Hall–Kier alpha value is -3.86. The molecule has 7 nitrogen and oxygen atoms in total. The topological polar surface area (TPSA) is 81.1 Å². The third-order valence-electron chi connectivity index (χ3n) is 5.36. The van der Waals surface area contributed by atoms with Crippen molar-refractivity contribution in [3.8, 4) is 22.2 Å². The van der Waals surface area contributed by atoms with E-state index in [1.54, 1.807) is 48.8 Å². The van der Waals surface area contributed by atoms with E-state index in [0.717, 1.165) is 20.9 Å². The molecule has 186 valence electrons. The van der Waals surface area contributed by atoms with Crippen molar-refractivity contribution in [3.63, 3.8) is 0 Å². The number of imidazole rings is 1. The second-order valence-electron chi connectivity index (χ2n) is 8.05. The second-order valence-corrected chi connectivity index (χ2v) is 9.92. The largest absolute Gasteiger partial charge is 0.454 e. The number of amides is 1. The molecule has 5 rings (SSSR count). The highest BCUT2D eigenvalue weighted by molar-refractivity contribution is 7.80. The number of nitrogens with one attached hydrogen (secondary N) is 2. The number of thiocarbonyl (C=S) groups is 1. The lowest BCUT2D eigenvalue weighted by molar-refractivity contribution is -0.119. The molecule has 2 N–H and O–H groups in total. The van der Waals surface area contributed by atoms with Crippen molar-refractivity contribution in [2.45, 2.75) is 6.42 Å². The van der Waals surface area contributed by atoms with Gasteiger partial charge in [0, 0.05) is 37.4 Å². The van der Waals surface area contributed by atoms with Gasteiger partial charge in [0.05, 0.1) is 26.5 Å². The molecule has 0 fully saturated rings. The number of rotatable bonds is 6. The standard InChI is InChI=1S/C26H19ClFN5O2S2/c1-33-11-10-30-25(33)22-14-19-24(37-22)21(8-9-29-19)35-20-7-6-17(13-18(20)27)31-26(36)32-23(34)12-15-2-4-16(28)5-3-15/h2-11,13-14H,12H2,1H3,(H2,31,32,34,36). The van der Waals surface area contributed by atoms with Gasteiger partial charge in [-0.3, -0.25) is 9.78 Å². The summed E-state index contributed by atoms with van der Waals surface area (Å²) in [5.74, 6) is 1.25. The van der Waals surface area contributed by atoms with Crippen molar-refractivity contribution in [3.05, 3.63) is 89.6 Å². The van der Waals surface area contributed by atoms with Gasteiger partial charge in [-0.25, -0.2) is 9.37 Å². The predicted molar refractivity (Wildman–Crippen MR) is 148 cm³/mol. The summed E-state index contributed by atoms with van der Waals surface area (Å²) < 4.78 is 22.0. The molecule has 0 aliphatic heterocycles. The van der Waals surface area contributed by atoms with Crippen LogP contribution < -0.4 is 15.4 Å². The molecule has 0 aliphatic carbocycles. The Morgan fingerprint density at radius 3 is 2.65 bits per heavy atom. The van der Waals surface area contributed by atoms with Crippen molar-refractivity contribution < 1.29 is 13.9 Å². The van der Waals surface area contributed by atoms with Crippen LogP contribution in [0.5, 0.6) is 11.5 Å². The number of aryl methyl sites for hydroxylation is 1. The lowest BCUT2D eigenvalue weighted by Gasteiger charge is -2.12. The summed E-state index contributed by atoms with van der Waals surface area (Å²) in [5, 5.41) is 6.02. The van der Waals surface area contributed by atoms with E-state index in [-0.39, 0.29) is 23.3 Å². The highest BCUT2D eigenvalue weighted by atomic mass is 35.5. The molecule has 1 amide bonds. The summed E-state index contributed by atoms with van der Waals surface area (Å²) in [4.78, 5) is 22.1. The Kier molecular flexibility index (Phi) is 7.13. The molecule has 0 saturated heterocycles. The molecule has 0 spiro atoms. The van der Waals surface area contributed by atoms with Gasteiger partial charge in [-0.1, -0.05) is 23.7 Å². The Labute approximate surface area is 225 Å². The Bertz CT molecular complexity index is 1620. The van der Waals surface area contributed by atoms with Gasteiger partial charge in [0.1, 0.15) is 23.1 Å². The fraction of sp³-hybridized carbons (Fsp3) is 0.0769. The minimum atomic E-state index is -0.358. The van der Waals surface area contributed by atoms with Crippen molar-refractivity contribution in [2.24, 2.45) is 7.05 Å². The zero-order valence-corrected chi connectivity index (χ0v) is 21.8. The highest BCUT2D eigenvalue weighted by Gasteiger charge is 2.15. The van der Waals surface area contributed by atoms with E-state index >= 15 is 0 Å².